The molecule has 2 aromatic carbocycles. The number of amides is 1. The first-order chi connectivity index (χ1) is 11.9. The predicted octanol–water partition coefficient (Wildman–Crippen LogP) is 2.39. The molecule has 1 N–H and O–H groups in total. The van der Waals surface area contributed by atoms with Crippen molar-refractivity contribution >= 4 is 26.8 Å². The highest BCUT2D eigenvalue weighted by Gasteiger charge is 2.13. The number of hydrogen-bond acceptors (Lipinski definition) is 4. The number of nitrogens with zero attached hydrogens (tertiary/aromatic N) is 2. The number of para-hydroxylation sites is 2. The van der Waals surface area contributed by atoms with Crippen LogP contribution in [0.4, 0.5) is 0 Å². The molecule has 6 nitrogen and oxygen atoms in total. The summed E-state index contributed by atoms with van der Waals surface area (Å²) in [6, 6.07) is 13.8. The van der Waals surface area contributed by atoms with Gasteiger partial charge >= 0.3 is 0 Å². The smallest absolute Gasteiger partial charge is 0.251 e. The van der Waals surface area contributed by atoms with Crippen LogP contribution in [0.2, 0.25) is 0 Å². The molecule has 0 aliphatic carbocycles. The summed E-state index contributed by atoms with van der Waals surface area (Å²) in [6.07, 6.45) is 1.12. The van der Waals surface area contributed by atoms with E-state index in [0.29, 0.717) is 5.56 Å². The fourth-order valence-corrected chi connectivity index (χ4v) is 3.41. The van der Waals surface area contributed by atoms with Crippen LogP contribution in [0.3, 0.4) is 0 Å². The lowest BCUT2D eigenvalue weighted by Gasteiger charge is -2.08. The van der Waals surface area contributed by atoms with Crippen LogP contribution in [-0.2, 0) is 22.9 Å². The first kappa shape index (κ1) is 17.2. The molecule has 0 atom stereocenters. The highest BCUT2D eigenvalue weighted by molar-refractivity contribution is 7.90. The molecule has 1 heterocycles. The molecule has 0 saturated heterocycles. The molecule has 0 fully saturated rings. The van der Waals surface area contributed by atoms with E-state index >= 15 is 0 Å². The Morgan fingerprint density at radius 1 is 1.16 bits per heavy atom. The Hall–Kier alpha value is -2.67. The van der Waals surface area contributed by atoms with Gasteiger partial charge in [0.05, 0.1) is 22.5 Å². The van der Waals surface area contributed by atoms with Gasteiger partial charge in [-0.05, 0) is 37.3 Å². The third kappa shape index (κ3) is 3.56. The molecule has 130 valence electrons. The molecule has 0 spiro atoms. The lowest BCUT2D eigenvalue weighted by molar-refractivity contribution is 0.0949. The molecule has 3 aromatic rings. The van der Waals surface area contributed by atoms with E-state index in [2.05, 4.69) is 10.3 Å². The molecular weight excluding hydrogens is 338 g/mol. The van der Waals surface area contributed by atoms with Gasteiger partial charge in [0, 0.05) is 18.4 Å². The maximum atomic E-state index is 12.4. The molecule has 0 radical (unpaired) electrons. The van der Waals surface area contributed by atoms with Gasteiger partial charge in [0.25, 0.3) is 5.91 Å². The number of rotatable bonds is 5. The summed E-state index contributed by atoms with van der Waals surface area (Å²) in [6.45, 7) is 3.04. The van der Waals surface area contributed by atoms with E-state index < -0.39 is 9.84 Å². The van der Waals surface area contributed by atoms with Crippen molar-refractivity contribution in [2.24, 2.45) is 0 Å². The standard InChI is InChI=1S/C18H19N3O3S/c1-3-21-16-10-5-4-9-15(16)20-17(21)12-19-18(22)13-7-6-8-14(11-13)25(2,23)24/h4-11H,3,12H2,1-2H3,(H,19,22). The number of hydrogen-bond donors (Lipinski definition) is 1. The summed E-state index contributed by atoms with van der Waals surface area (Å²) in [4.78, 5) is 17.1. The number of aryl methyl sites for hydroxylation is 1. The third-order valence-electron chi connectivity index (χ3n) is 3.98. The summed E-state index contributed by atoms with van der Waals surface area (Å²) < 4.78 is 25.3. The second-order valence-corrected chi connectivity index (χ2v) is 7.76. The summed E-state index contributed by atoms with van der Waals surface area (Å²) in [5.74, 6) is 0.427. The average molecular weight is 357 g/mol. The second kappa shape index (κ2) is 6.68. The molecule has 0 bridgehead atoms. The largest absolute Gasteiger partial charge is 0.345 e. The number of benzene rings is 2. The van der Waals surface area contributed by atoms with Crippen LogP contribution in [0.25, 0.3) is 11.0 Å². The molecule has 0 aliphatic rings. The Kier molecular flexibility index (Phi) is 4.59. The van der Waals surface area contributed by atoms with Crippen molar-refractivity contribution in [3.05, 3.63) is 59.9 Å². The number of carbonyl (C=O) groups is 1. The summed E-state index contributed by atoms with van der Waals surface area (Å²) in [7, 11) is -3.35. The molecule has 1 amide bonds. The number of fused-ring (bicyclic) bond motifs is 1. The summed E-state index contributed by atoms with van der Waals surface area (Å²) >= 11 is 0. The van der Waals surface area contributed by atoms with Gasteiger partial charge in [-0.25, -0.2) is 13.4 Å². The van der Waals surface area contributed by atoms with Crippen molar-refractivity contribution < 1.29 is 13.2 Å². The highest BCUT2D eigenvalue weighted by Crippen LogP contribution is 2.16. The van der Waals surface area contributed by atoms with Crippen LogP contribution in [0.15, 0.2) is 53.4 Å². The highest BCUT2D eigenvalue weighted by atomic mass is 32.2. The normalized spacial score (nSPS) is 11.6. The van der Waals surface area contributed by atoms with Crippen molar-refractivity contribution in [2.75, 3.05) is 6.26 Å². The van der Waals surface area contributed by atoms with Gasteiger partial charge in [-0.1, -0.05) is 18.2 Å². The van der Waals surface area contributed by atoms with E-state index in [1.807, 2.05) is 35.8 Å². The second-order valence-electron chi connectivity index (χ2n) is 5.74. The molecule has 3 rings (SSSR count). The fourth-order valence-electron chi connectivity index (χ4n) is 2.74. The molecule has 0 saturated carbocycles. The Morgan fingerprint density at radius 3 is 2.64 bits per heavy atom. The van der Waals surface area contributed by atoms with E-state index in [9.17, 15) is 13.2 Å². The van der Waals surface area contributed by atoms with Crippen LogP contribution in [0, 0.1) is 0 Å². The first-order valence-corrected chi connectivity index (χ1v) is 9.81. The Morgan fingerprint density at radius 2 is 1.92 bits per heavy atom. The van der Waals surface area contributed by atoms with Crippen LogP contribution in [-0.4, -0.2) is 30.1 Å². The topological polar surface area (TPSA) is 81.1 Å². The van der Waals surface area contributed by atoms with Gasteiger partial charge in [-0.2, -0.15) is 0 Å². The molecule has 25 heavy (non-hydrogen) atoms. The molecule has 1 aromatic heterocycles. The van der Waals surface area contributed by atoms with Crippen LogP contribution < -0.4 is 5.32 Å². The van der Waals surface area contributed by atoms with E-state index in [0.717, 1.165) is 29.7 Å². The fraction of sp³-hybridized carbons (Fsp3) is 0.222. The van der Waals surface area contributed by atoms with Gasteiger partial charge in [-0.3, -0.25) is 4.79 Å². The van der Waals surface area contributed by atoms with E-state index in [1.54, 1.807) is 12.1 Å². The molecule has 0 unspecified atom stereocenters. The lowest BCUT2D eigenvalue weighted by atomic mass is 10.2. The van der Waals surface area contributed by atoms with Gasteiger partial charge in [-0.15, -0.1) is 0 Å². The maximum Gasteiger partial charge on any atom is 0.251 e. The van der Waals surface area contributed by atoms with Crippen molar-refractivity contribution in [2.45, 2.75) is 24.9 Å². The zero-order valence-electron chi connectivity index (χ0n) is 14.1. The lowest BCUT2D eigenvalue weighted by Crippen LogP contribution is -2.24. The van der Waals surface area contributed by atoms with Gasteiger partial charge in [0.2, 0.25) is 0 Å². The quantitative estimate of drug-likeness (QED) is 0.760. The average Bonchev–Trinajstić information content (AvgIpc) is 2.96. The third-order valence-corrected chi connectivity index (χ3v) is 5.09. The number of nitrogens with one attached hydrogen (secondary N) is 1. The Balaban J connectivity index is 1.81. The minimum Gasteiger partial charge on any atom is -0.345 e. The van der Waals surface area contributed by atoms with Crippen molar-refractivity contribution in [1.29, 1.82) is 0 Å². The van der Waals surface area contributed by atoms with Crippen molar-refractivity contribution in [3.8, 4) is 0 Å². The minimum atomic E-state index is -3.35. The first-order valence-electron chi connectivity index (χ1n) is 7.92. The van der Waals surface area contributed by atoms with Crippen molar-refractivity contribution in [3.63, 3.8) is 0 Å². The predicted molar refractivity (Wildman–Crippen MR) is 96.1 cm³/mol. The Bertz CT molecular complexity index is 1040. The summed E-state index contributed by atoms with van der Waals surface area (Å²) in [5, 5.41) is 2.81. The van der Waals surface area contributed by atoms with Crippen LogP contribution in [0.1, 0.15) is 23.1 Å². The van der Waals surface area contributed by atoms with Crippen molar-refractivity contribution in [1.82, 2.24) is 14.9 Å². The van der Waals surface area contributed by atoms with Gasteiger partial charge in [0.15, 0.2) is 9.84 Å². The van der Waals surface area contributed by atoms with Crippen LogP contribution >= 0.6 is 0 Å². The zero-order chi connectivity index (χ0) is 18.0. The van der Waals surface area contributed by atoms with Gasteiger partial charge in [0.1, 0.15) is 5.82 Å². The molecular formula is C18H19N3O3S. The molecule has 0 aliphatic heterocycles. The van der Waals surface area contributed by atoms with Gasteiger partial charge < -0.3 is 9.88 Å². The zero-order valence-corrected chi connectivity index (χ0v) is 14.9. The SMILES string of the molecule is CCn1c(CNC(=O)c2cccc(S(C)(=O)=O)c2)nc2ccccc21. The number of imidazole rings is 1. The number of carbonyl (C=O) groups excluding carboxylic acids is 1. The number of sulfone groups is 1. The van der Waals surface area contributed by atoms with Crippen LogP contribution in [0.5, 0.6) is 0 Å². The Labute approximate surface area is 146 Å². The monoisotopic (exact) mass is 357 g/mol. The van der Waals surface area contributed by atoms with E-state index in [1.165, 1.54) is 12.1 Å². The van der Waals surface area contributed by atoms with E-state index in [-0.39, 0.29) is 17.3 Å². The van der Waals surface area contributed by atoms with E-state index in [4.69, 9.17) is 0 Å². The minimum absolute atomic E-state index is 0.126. The molecule has 7 heteroatoms. The number of aromatic nitrogens is 2. The maximum absolute atomic E-state index is 12.4. The summed E-state index contributed by atoms with van der Waals surface area (Å²) in [5.41, 5.74) is 2.21.